The van der Waals surface area contributed by atoms with Crippen LogP contribution in [0.5, 0.6) is 0 Å². The summed E-state index contributed by atoms with van der Waals surface area (Å²) >= 11 is 5.80. The van der Waals surface area contributed by atoms with Gasteiger partial charge in [-0.2, -0.15) is 0 Å². The van der Waals surface area contributed by atoms with Crippen molar-refractivity contribution >= 4 is 29.0 Å². The molecule has 0 radical (unpaired) electrons. The van der Waals surface area contributed by atoms with E-state index in [1.165, 1.54) is 7.11 Å². The van der Waals surface area contributed by atoms with Gasteiger partial charge in [-0.3, -0.25) is 9.59 Å². The first-order chi connectivity index (χ1) is 9.04. The predicted molar refractivity (Wildman–Crippen MR) is 74.0 cm³/mol. The zero-order valence-electron chi connectivity index (χ0n) is 11.0. The lowest BCUT2D eigenvalue weighted by Gasteiger charge is -2.17. The van der Waals surface area contributed by atoms with Crippen molar-refractivity contribution in [1.29, 1.82) is 0 Å². The van der Waals surface area contributed by atoms with Crippen LogP contribution in [0.3, 0.4) is 0 Å². The van der Waals surface area contributed by atoms with Gasteiger partial charge in [0.05, 0.1) is 5.38 Å². The van der Waals surface area contributed by atoms with Crippen LogP contribution >= 0.6 is 11.6 Å². The molecule has 0 saturated carbocycles. The topological polar surface area (TPSA) is 46.6 Å². The molecule has 1 unspecified atom stereocenters. The molecule has 4 nitrogen and oxygen atoms in total. The Bertz CT molecular complexity index is 513. The van der Waals surface area contributed by atoms with Crippen LogP contribution < -0.4 is 4.90 Å². The average Bonchev–Trinajstić information content (AvgIpc) is 2.80. The highest BCUT2D eigenvalue weighted by Crippen LogP contribution is 2.29. The quantitative estimate of drug-likeness (QED) is 0.627. The standard InChI is InChI=1S/C14H16ClNO3/c1-9(15)14(18)11-3-4-12-10(7-11)5-6-16(12)13(17)8-19-2/h3-4,7,9H,5-6,8H2,1-2H3. The van der Waals surface area contributed by atoms with E-state index in [-0.39, 0.29) is 18.3 Å². The first-order valence-electron chi connectivity index (χ1n) is 6.15. The summed E-state index contributed by atoms with van der Waals surface area (Å²) in [5.41, 5.74) is 2.47. The van der Waals surface area contributed by atoms with Crippen LogP contribution in [-0.4, -0.2) is 37.3 Å². The average molecular weight is 282 g/mol. The van der Waals surface area contributed by atoms with Gasteiger partial charge in [-0.25, -0.2) is 0 Å². The molecule has 0 saturated heterocycles. The van der Waals surface area contributed by atoms with Gasteiger partial charge >= 0.3 is 0 Å². The summed E-state index contributed by atoms with van der Waals surface area (Å²) in [6.07, 6.45) is 0.753. The molecule has 0 bridgehead atoms. The number of ether oxygens (including phenoxy) is 1. The number of hydrogen-bond donors (Lipinski definition) is 0. The maximum Gasteiger partial charge on any atom is 0.252 e. The molecule has 102 valence electrons. The highest BCUT2D eigenvalue weighted by atomic mass is 35.5. The Kier molecular flexibility index (Phi) is 4.22. The van der Waals surface area contributed by atoms with E-state index < -0.39 is 5.38 Å². The number of halogens is 1. The van der Waals surface area contributed by atoms with Gasteiger partial charge in [0, 0.05) is 24.9 Å². The Morgan fingerprint density at radius 3 is 2.84 bits per heavy atom. The summed E-state index contributed by atoms with van der Waals surface area (Å²) in [6.45, 7) is 2.36. The number of carbonyl (C=O) groups excluding carboxylic acids is 2. The summed E-state index contributed by atoms with van der Waals surface area (Å²) in [6, 6.07) is 5.36. The summed E-state index contributed by atoms with van der Waals surface area (Å²) in [5, 5.41) is -0.536. The molecule has 2 rings (SSSR count). The third kappa shape index (κ3) is 2.80. The first kappa shape index (κ1) is 14.0. The summed E-state index contributed by atoms with van der Waals surface area (Å²) in [4.78, 5) is 25.4. The van der Waals surface area contributed by atoms with Crippen LogP contribution in [0, 0.1) is 0 Å². The number of benzene rings is 1. The van der Waals surface area contributed by atoms with Crippen molar-refractivity contribution < 1.29 is 14.3 Å². The molecule has 0 N–H and O–H groups in total. The van der Waals surface area contributed by atoms with E-state index in [9.17, 15) is 9.59 Å². The van der Waals surface area contributed by atoms with Crippen LogP contribution in [0.2, 0.25) is 0 Å². The van der Waals surface area contributed by atoms with E-state index in [1.807, 2.05) is 12.1 Å². The van der Waals surface area contributed by atoms with Crippen molar-refractivity contribution in [2.75, 3.05) is 25.2 Å². The highest BCUT2D eigenvalue weighted by molar-refractivity contribution is 6.33. The Hall–Kier alpha value is -1.39. The highest BCUT2D eigenvalue weighted by Gasteiger charge is 2.25. The van der Waals surface area contributed by atoms with Crippen LogP contribution in [-0.2, 0) is 16.0 Å². The molecule has 1 aromatic carbocycles. The summed E-state index contributed by atoms with van der Waals surface area (Å²) < 4.78 is 4.86. The molecule has 1 aliphatic rings. The number of fused-ring (bicyclic) bond motifs is 1. The van der Waals surface area contributed by atoms with Crippen LogP contribution in [0.25, 0.3) is 0 Å². The van der Waals surface area contributed by atoms with Gasteiger partial charge < -0.3 is 9.64 Å². The second-order valence-electron chi connectivity index (χ2n) is 4.55. The number of amides is 1. The maximum absolute atomic E-state index is 11.8. The minimum atomic E-state index is -0.536. The van der Waals surface area contributed by atoms with E-state index in [1.54, 1.807) is 17.9 Å². The predicted octanol–water partition coefficient (Wildman–Crippen LogP) is 2.03. The molecular weight excluding hydrogens is 266 g/mol. The van der Waals surface area contributed by atoms with E-state index >= 15 is 0 Å². The van der Waals surface area contributed by atoms with Crippen molar-refractivity contribution in [3.05, 3.63) is 29.3 Å². The Labute approximate surface area is 117 Å². The first-order valence-corrected chi connectivity index (χ1v) is 6.58. The minimum Gasteiger partial charge on any atom is -0.375 e. The molecule has 1 aromatic rings. The normalized spacial score (nSPS) is 15.2. The van der Waals surface area contributed by atoms with E-state index in [2.05, 4.69) is 0 Å². The monoisotopic (exact) mass is 281 g/mol. The fourth-order valence-electron chi connectivity index (χ4n) is 2.25. The molecule has 1 amide bonds. The number of alkyl halides is 1. The van der Waals surface area contributed by atoms with Crippen molar-refractivity contribution in [1.82, 2.24) is 0 Å². The molecule has 0 fully saturated rings. The fraction of sp³-hybridized carbons (Fsp3) is 0.429. The number of Topliss-reactive ketones (excluding diaryl/α,β-unsaturated/α-hetero) is 1. The number of rotatable bonds is 4. The summed E-state index contributed by atoms with van der Waals surface area (Å²) in [7, 11) is 1.50. The lowest BCUT2D eigenvalue weighted by atomic mass is 10.0. The van der Waals surface area contributed by atoms with Gasteiger partial charge in [0.1, 0.15) is 6.61 Å². The third-order valence-electron chi connectivity index (χ3n) is 3.19. The van der Waals surface area contributed by atoms with Gasteiger partial charge in [-0.1, -0.05) is 0 Å². The SMILES string of the molecule is COCC(=O)N1CCc2cc(C(=O)C(C)Cl)ccc21. The van der Waals surface area contributed by atoms with Crippen LogP contribution in [0.15, 0.2) is 18.2 Å². The van der Waals surface area contributed by atoms with E-state index in [0.717, 1.165) is 17.7 Å². The molecule has 1 aliphatic heterocycles. The van der Waals surface area contributed by atoms with Gasteiger partial charge in [0.25, 0.3) is 5.91 Å². The second kappa shape index (κ2) is 5.72. The molecule has 5 heteroatoms. The Balaban J connectivity index is 2.25. The van der Waals surface area contributed by atoms with Gasteiger partial charge in [-0.05, 0) is 37.1 Å². The lowest BCUT2D eigenvalue weighted by Crippen LogP contribution is -2.31. The molecule has 19 heavy (non-hydrogen) atoms. The van der Waals surface area contributed by atoms with Gasteiger partial charge in [0.15, 0.2) is 5.78 Å². The minimum absolute atomic E-state index is 0.0639. The second-order valence-corrected chi connectivity index (χ2v) is 5.21. The number of carbonyl (C=O) groups is 2. The number of anilines is 1. The lowest BCUT2D eigenvalue weighted by molar-refractivity contribution is -0.122. The smallest absolute Gasteiger partial charge is 0.252 e. The molecule has 1 heterocycles. The van der Waals surface area contributed by atoms with Crippen molar-refractivity contribution in [3.63, 3.8) is 0 Å². The summed E-state index contributed by atoms with van der Waals surface area (Å²) in [5.74, 6) is -0.155. The van der Waals surface area contributed by atoms with Crippen LogP contribution in [0.4, 0.5) is 5.69 Å². The molecule has 1 atom stereocenters. The van der Waals surface area contributed by atoms with E-state index in [0.29, 0.717) is 12.1 Å². The number of methoxy groups -OCH3 is 1. The zero-order valence-corrected chi connectivity index (χ0v) is 11.7. The van der Waals surface area contributed by atoms with Crippen molar-refractivity contribution in [2.45, 2.75) is 18.7 Å². The molecule has 0 spiro atoms. The van der Waals surface area contributed by atoms with Crippen LogP contribution in [0.1, 0.15) is 22.8 Å². The zero-order chi connectivity index (χ0) is 14.0. The number of hydrogen-bond acceptors (Lipinski definition) is 3. The largest absolute Gasteiger partial charge is 0.375 e. The maximum atomic E-state index is 11.8. The van der Waals surface area contributed by atoms with Crippen molar-refractivity contribution in [3.8, 4) is 0 Å². The van der Waals surface area contributed by atoms with Gasteiger partial charge in [0.2, 0.25) is 0 Å². The number of nitrogens with zero attached hydrogens (tertiary/aromatic N) is 1. The molecule has 0 aliphatic carbocycles. The third-order valence-corrected chi connectivity index (χ3v) is 3.39. The Morgan fingerprint density at radius 1 is 1.47 bits per heavy atom. The molecular formula is C14H16ClNO3. The van der Waals surface area contributed by atoms with E-state index in [4.69, 9.17) is 16.3 Å². The molecule has 0 aromatic heterocycles. The fourth-order valence-corrected chi connectivity index (χ4v) is 2.37. The van der Waals surface area contributed by atoms with Gasteiger partial charge in [-0.15, -0.1) is 11.6 Å². The van der Waals surface area contributed by atoms with Crippen molar-refractivity contribution in [2.24, 2.45) is 0 Å². The number of ketones is 1. The Morgan fingerprint density at radius 2 is 2.21 bits per heavy atom.